The van der Waals surface area contributed by atoms with E-state index < -0.39 is 23.7 Å². The van der Waals surface area contributed by atoms with Crippen molar-refractivity contribution in [3.63, 3.8) is 0 Å². The molecule has 0 radical (unpaired) electrons. The molecule has 1 unspecified atom stereocenters. The SMILES string of the molecule is CCCC(CNC(=O)Nc1ccc(F)c(Cl)c1)C(=O)O. The van der Waals surface area contributed by atoms with E-state index in [1.807, 2.05) is 6.92 Å². The minimum absolute atomic E-state index is 0.0317. The molecule has 0 saturated heterocycles. The van der Waals surface area contributed by atoms with Gasteiger partial charge in [0.15, 0.2) is 0 Å². The molecular formula is C13H16ClFN2O3. The van der Waals surface area contributed by atoms with Crippen molar-refractivity contribution in [2.24, 2.45) is 5.92 Å². The van der Waals surface area contributed by atoms with Crippen LogP contribution in [-0.2, 0) is 4.79 Å². The van der Waals surface area contributed by atoms with Crippen LogP contribution < -0.4 is 10.6 Å². The van der Waals surface area contributed by atoms with Crippen LogP contribution in [0.1, 0.15) is 19.8 Å². The number of anilines is 1. The second kappa shape index (κ2) is 7.69. The van der Waals surface area contributed by atoms with Crippen LogP contribution in [0.25, 0.3) is 0 Å². The third-order valence-corrected chi connectivity index (χ3v) is 2.96. The maximum atomic E-state index is 12.9. The van der Waals surface area contributed by atoms with Crippen LogP contribution in [-0.4, -0.2) is 23.7 Å². The van der Waals surface area contributed by atoms with Gasteiger partial charge in [-0.3, -0.25) is 4.79 Å². The van der Waals surface area contributed by atoms with Gasteiger partial charge < -0.3 is 15.7 Å². The maximum Gasteiger partial charge on any atom is 0.319 e. The van der Waals surface area contributed by atoms with Crippen LogP contribution in [0.15, 0.2) is 18.2 Å². The number of aliphatic carboxylic acids is 1. The van der Waals surface area contributed by atoms with Gasteiger partial charge in [0.05, 0.1) is 10.9 Å². The van der Waals surface area contributed by atoms with Crippen molar-refractivity contribution < 1.29 is 19.1 Å². The van der Waals surface area contributed by atoms with Crippen molar-refractivity contribution in [1.82, 2.24) is 5.32 Å². The van der Waals surface area contributed by atoms with Crippen LogP contribution in [0.3, 0.4) is 0 Å². The van der Waals surface area contributed by atoms with E-state index in [0.717, 1.165) is 6.07 Å². The lowest BCUT2D eigenvalue weighted by Gasteiger charge is -2.13. The number of carboxylic acids is 1. The molecule has 0 aliphatic heterocycles. The summed E-state index contributed by atoms with van der Waals surface area (Å²) in [6.07, 6.45) is 1.20. The smallest absolute Gasteiger partial charge is 0.319 e. The molecule has 0 fully saturated rings. The van der Waals surface area contributed by atoms with Gasteiger partial charge in [0, 0.05) is 12.2 Å². The van der Waals surface area contributed by atoms with E-state index in [1.54, 1.807) is 0 Å². The summed E-state index contributed by atoms with van der Waals surface area (Å²) in [5.74, 6) is -2.15. The second-order valence-corrected chi connectivity index (χ2v) is 4.69. The maximum absolute atomic E-state index is 12.9. The summed E-state index contributed by atoms with van der Waals surface area (Å²) >= 11 is 5.58. The van der Waals surface area contributed by atoms with Gasteiger partial charge >= 0.3 is 12.0 Å². The molecule has 0 heterocycles. The number of carboxylic acid groups (broad SMARTS) is 1. The summed E-state index contributed by atoms with van der Waals surface area (Å²) in [6.45, 7) is 1.90. The molecule has 5 nitrogen and oxygen atoms in total. The Bertz CT molecular complexity index is 497. The highest BCUT2D eigenvalue weighted by Gasteiger charge is 2.17. The number of hydrogen-bond acceptors (Lipinski definition) is 2. The molecular weight excluding hydrogens is 287 g/mol. The Hall–Kier alpha value is -1.82. The number of benzene rings is 1. The fourth-order valence-electron chi connectivity index (χ4n) is 1.63. The average Bonchev–Trinajstić information content (AvgIpc) is 2.38. The Morgan fingerprint density at radius 2 is 2.15 bits per heavy atom. The fraction of sp³-hybridized carbons (Fsp3) is 0.385. The Balaban J connectivity index is 2.50. The highest BCUT2D eigenvalue weighted by molar-refractivity contribution is 6.31. The van der Waals surface area contributed by atoms with Crippen LogP contribution >= 0.6 is 11.6 Å². The molecule has 1 rings (SSSR count). The molecule has 1 aromatic rings. The first-order valence-electron chi connectivity index (χ1n) is 6.16. The van der Waals surface area contributed by atoms with Gasteiger partial charge in [0.2, 0.25) is 0 Å². The molecule has 0 aliphatic rings. The van der Waals surface area contributed by atoms with Crippen molar-refractivity contribution in [1.29, 1.82) is 0 Å². The summed E-state index contributed by atoms with van der Waals surface area (Å²) in [6, 6.07) is 3.21. The predicted octanol–water partition coefficient (Wildman–Crippen LogP) is 3.10. The van der Waals surface area contributed by atoms with Gasteiger partial charge in [-0.25, -0.2) is 9.18 Å². The second-order valence-electron chi connectivity index (χ2n) is 4.29. The number of rotatable bonds is 6. The molecule has 0 bridgehead atoms. The fourth-order valence-corrected chi connectivity index (χ4v) is 1.81. The van der Waals surface area contributed by atoms with E-state index in [4.69, 9.17) is 16.7 Å². The lowest BCUT2D eigenvalue weighted by atomic mass is 10.0. The van der Waals surface area contributed by atoms with Crippen LogP contribution in [0.5, 0.6) is 0 Å². The van der Waals surface area contributed by atoms with E-state index in [0.29, 0.717) is 18.5 Å². The molecule has 7 heteroatoms. The number of urea groups is 1. The topological polar surface area (TPSA) is 78.4 Å². The highest BCUT2D eigenvalue weighted by Crippen LogP contribution is 2.19. The van der Waals surface area contributed by atoms with Gasteiger partial charge in [-0.1, -0.05) is 24.9 Å². The lowest BCUT2D eigenvalue weighted by Crippen LogP contribution is -2.35. The quantitative estimate of drug-likeness (QED) is 0.755. The zero-order valence-electron chi connectivity index (χ0n) is 11.0. The zero-order valence-corrected chi connectivity index (χ0v) is 11.7. The van der Waals surface area contributed by atoms with Crippen LogP contribution in [0.2, 0.25) is 5.02 Å². The highest BCUT2D eigenvalue weighted by atomic mass is 35.5. The molecule has 3 N–H and O–H groups in total. The zero-order chi connectivity index (χ0) is 15.1. The Kier molecular flexibility index (Phi) is 6.24. The minimum Gasteiger partial charge on any atom is -0.481 e. The molecule has 0 saturated carbocycles. The van der Waals surface area contributed by atoms with Crippen molar-refractivity contribution >= 4 is 29.3 Å². The van der Waals surface area contributed by atoms with E-state index in [1.165, 1.54) is 12.1 Å². The summed E-state index contributed by atoms with van der Waals surface area (Å²) < 4.78 is 12.9. The molecule has 0 spiro atoms. The minimum atomic E-state index is -0.947. The first kappa shape index (κ1) is 16.2. The van der Waals surface area contributed by atoms with Gasteiger partial charge in [-0.2, -0.15) is 0 Å². The standard InChI is InChI=1S/C13H16ClFN2O3/c1-2-3-8(12(18)19)7-16-13(20)17-9-4-5-11(15)10(14)6-9/h4-6,8H,2-3,7H2,1H3,(H,18,19)(H2,16,17,20). The number of nitrogens with one attached hydrogen (secondary N) is 2. The number of amides is 2. The van der Waals surface area contributed by atoms with Crippen LogP contribution in [0.4, 0.5) is 14.9 Å². The molecule has 2 amide bonds. The third-order valence-electron chi connectivity index (χ3n) is 2.67. The first-order valence-corrected chi connectivity index (χ1v) is 6.54. The summed E-state index contributed by atoms with van der Waals surface area (Å²) in [5.41, 5.74) is 0.330. The predicted molar refractivity (Wildman–Crippen MR) is 74.5 cm³/mol. The summed E-state index contributed by atoms with van der Waals surface area (Å²) in [5, 5.41) is 13.8. The Morgan fingerprint density at radius 1 is 1.45 bits per heavy atom. The normalized spacial score (nSPS) is 11.8. The Labute approximate surface area is 121 Å². The molecule has 1 atom stereocenters. The number of carbonyl (C=O) groups excluding carboxylic acids is 1. The van der Waals surface area contributed by atoms with Crippen molar-refractivity contribution in [3.8, 4) is 0 Å². The molecule has 0 aromatic heterocycles. The van der Waals surface area contributed by atoms with Crippen molar-refractivity contribution in [2.45, 2.75) is 19.8 Å². The van der Waals surface area contributed by atoms with E-state index >= 15 is 0 Å². The molecule has 1 aromatic carbocycles. The molecule has 20 heavy (non-hydrogen) atoms. The molecule has 110 valence electrons. The Morgan fingerprint density at radius 3 is 2.70 bits per heavy atom. The van der Waals surface area contributed by atoms with Crippen molar-refractivity contribution in [3.05, 3.63) is 29.0 Å². The lowest BCUT2D eigenvalue weighted by molar-refractivity contribution is -0.141. The van der Waals surface area contributed by atoms with Gasteiger partial charge in [-0.05, 0) is 24.6 Å². The number of halogens is 2. The number of hydrogen-bond donors (Lipinski definition) is 3. The van der Waals surface area contributed by atoms with E-state index in [-0.39, 0.29) is 11.6 Å². The van der Waals surface area contributed by atoms with E-state index in [2.05, 4.69) is 10.6 Å². The number of carbonyl (C=O) groups is 2. The van der Waals surface area contributed by atoms with Gasteiger partial charge in [0.1, 0.15) is 5.82 Å². The van der Waals surface area contributed by atoms with Gasteiger partial charge in [-0.15, -0.1) is 0 Å². The monoisotopic (exact) mass is 302 g/mol. The average molecular weight is 303 g/mol. The van der Waals surface area contributed by atoms with Gasteiger partial charge in [0.25, 0.3) is 0 Å². The summed E-state index contributed by atoms with van der Waals surface area (Å²) in [4.78, 5) is 22.5. The molecule has 0 aliphatic carbocycles. The largest absolute Gasteiger partial charge is 0.481 e. The van der Waals surface area contributed by atoms with Crippen LogP contribution in [0, 0.1) is 11.7 Å². The third kappa shape index (κ3) is 5.05. The van der Waals surface area contributed by atoms with Crippen molar-refractivity contribution in [2.75, 3.05) is 11.9 Å². The first-order chi connectivity index (χ1) is 9.43. The summed E-state index contributed by atoms with van der Waals surface area (Å²) in [7, 11) is 0. The van der Waals surface area contributed by atoms with E-state index in [9.17, 15) is 14.0 Å².